The van der Waals surface area contributed by atoms with Crippen LogP contribution in [0.25, 0.3) is 11.2 Å². The number of imidazole rings is 1. The number of methoxy groups -OCH3 is 1. The molecule has 0 atom stereocenters. The molecule has 186 valence electrons. The van der Waals surface area contributed by atoms with E-state index < -0.39 is 0 Å². The summed E-state index contributed by atoms with van der Waals surface area (Å²) >= 11 is 0. The van der Waals surface area contributed by atoms with Crippen molar-refractivity contribution in [1.29, 1.82) is 5.41 Å². The molecule has 0 bridgehead atoms. The van der Waals surface area contributed by atoms with Crippen molar-refractivity contribution in [3.05, 3.63) is 95.3 Å². The van der Waals surface area contributed by atoms with E-state index in [1.54, 1.807) is 18.2 Å². The molecule has 0 fully saturated rings. The summed E-state index contributed by atoms with van der Waals surface area (Å²) in [6.45, 7) is 4.46. The third-order valence-corrected chi connectivity index (χ3v) is 5.80. The summed E-state index contributed by atoms with van der Waals surface area (Å²) in [6, 6.07) is 22.8. The molecule has 0 aliphatic rings. The molecule has 3 aromatic carbocycles. The molecule has 0 saturated carbocycles. The summed E-state index contributed by atoms with van der Waals surface area (Å²) in [5.41, 5.74) is 9.38. The van der Waals surface area contributed by atoms with Crippen molar-refractivity contribution < 1.29 is 14.2 Å². The van der Waals surface area contributed by atoms with E-state index in [2.05, 4.69) is 4.98 Å². The van der Waals surface area contributed by atoms with Crippen LogP contribution in [-0.4, -0.2) is 32.5 Å². The molecule has 3 N–H and O–H groups in total. The highest BCUT2D eigenvalue weighted by Gasteiger charge is 2.21. The molecule has 2 aromatic heterocycles. The summed E-state index contributed by atoms with van der Waals surface area (Å²) in [5, 5.41) is 7.81. The highest BCUT2D eigenvalue weighted by Crippen LogP contribution is 2.36. The van der Waals surface area contributed by atoms with Gasteiger partial charge in [-0.1, -0.05) is 42.5 Å². The Hall–Kier alpha value is -4.92. The van der Waals surface area contributed by atoms with E-state index in [0.717, 1.165) is 17.0 Å². The number of nitrogen functional groups attached to an aromatic ring is 1. The zero-order chi connectivity index (χ0) is 25.9. The van der Waals surface area contributed by atoms with E-state index in [1.165, 1.54) is 7.11 Å². The van der Waals surface area contributed by atoms with Gasteiger partial charge in [0.05, 0.1) is 13.7 Å². The van der Waals surface area contributed by atoms with Gasteiger partial charge in [-0.2, -0.15) is 9.97 Å². The van der Waals surface area contributed by atoms with Gasteiger partial charge in [-0.3, -0.25) is 5.41 Å². The quantitative estimate of drug-likeness (QED) is 0.220. The van der Waals surface area contributed by atoms with E-state index >= 15 is 0 Å². The number of hydrogen-bond acceptors (Lipinski definition) is 7. The molecule has 0 amide bonds. The number of amidine groups is 1. The lowest BCUT2D eigenvalue weighted by Gasteiger charge is -2.13. The Balaban J connectivity index is 1.65. The molecule has 37 heavy (non-hydrogen) atoms. The molecule has 0 radical (unpaired) electrons. The SMILES string of the molecule is COc1ccc(C(=N)N)cc1Oc1nc(Oc2cccc(C)c2)nc2c1nc(C)n2Cc1ccccc1. The topological polar surface area (TPSA) is 121 Å². The fourth-order valence-electron chi connectivity index (χ4n) is 3.95. The van der Waals surface area contributed by atoms with Gasteiger partial charge in [-0.15, -0.1) is 0 Å². The maximum atomic E-state index is 7.81. The highest BCUT2D eigenvalue weighted by molar-refractivity contribution is 5.95. The molecule has 9 heteroatoms. The van der Waals surface area contributed by atoms with Crippen molar-refractivity contribution in [3.63, 3.8) is 0 Å². The van der Waals surface area contributed by atoms with Crippen LogP contribution < -0.4 is 19.9 Å². The van der Waals surface area contributed by atoms with Crippen LogP contribution >= 0.6 is 0 Å². The van der Waals surface area contributed by atoms with Crippen molar-refractivity contribution in [3.8, 4) is 29.1 Å². The van der Waals surface area contributed by atoms with E-state index in [0.29, 0.717) is 40.5 Å². The molecular weight excluding hydrogens is 468 g/mol. The van der Waals surface area contributed by atoms with Crippen molar-refractivity contribution in [2.75, 3.05) is 7.11 Å². The lowest BCUT2D eigenvalue weighted by atomic mass is 10.2. The number of benzene rings is 3. The van der Waals surface area contributed by atoms with Crippen molar-refractivity contribution >= 4 is 17.0 Å². The summed E-state index contributed by atoms with van der Waals surface area (Å²) in [4.78, 5) is 14.0. The number of ether oxygens (including phenoxy) is 3. The average molecular weight is 495 g/mol. The summed E-state index contributed by atoms with van der Waals surface area (Å²) in [7, 11) is 1.54. The predicted octanol–water partition coefficient (Wildman–Crippen LogP) is 5.37. The standard InChI is InChI=1S/C28H26N6O3/c1-17-8-7-11-21(14-17)36-28-32-26-24(31-18(2)34(26)16-19-9-5-4-6-10-19)27(33-28)37-23-15-20(25(29)30)12-13-22(23)35-3/h4-15H,16H2,1-3H3,(H3,29,30). The third-order valence-electron chi connectivity index (χ3n) is 5.80. The van der Waals surface area contributed by atoms with Crippen LogP contribution in [0.5, 0.6) is 29.1 Å². The Morgan fingerprint density at radius 3 is 2.43 bits per heavy atom. The number of fused-ring (bicyclic) bond motifs is 1. The Morgan fingerprint density at radius 1 is 0.892 bits per heavy atom. The highest BCUT2D eigenvalue weighted by atomic mass is 16.5. The Morgan fingerprint density at radius 2 is 1.70 bits per heavy atom. The van der Waals surface area contributed by atoms with Crippen LogP contribution in [-0.2, 0) is 6.54 Å². The van der Waals surface area contributed by atoms with Gasteiger partial charge in [-0.05, 0) is 55.3 Å². The largest absolute Gasteiger partial charge is 0.493 e. The first kappa shape index (κ1) is 23.8. The Bertz CT molecular complexity index is 1600. The maximum absolute atomic E-state index is 7.81. The van der Waals surface area contributed by atoms with E-state index in [4.69, 9.17) is 35.3 Å². The van der Waals surface area contributed by atoms with Crippen molar-refractivity contribution in [1.82, 2.24) is 19.5 Å². The zero-order valence-electron chi connectivity index (χ0n) is 20.7. The van der Waals surface area contributed by atoms with Gasteiger partial charge >= 0.3 is 6.01 Å². The number of hydrogen-bond donors (Lipinski definition) is 2. The number of aryl methyl sites for hydroxylation is 2. The normalized spacial score (nSPS) is 10.9. The Labute approximate surface area is 214 Å². The smallest absolute Gasteiger partial charge is 0.327 e. The molecule has 5 rings (SSSR count). The fraction of sp³-hybridized carbons (Fsp3) is 0.143. The van der Waals surface area contributed by atoms with Crippen LogP contribution in [0.15, 0.2) is 72.8 Å². The second-order valence-electron chi connectivity index (χ2n) is 8.51. The zero-order valence-corrected chi connectivity index (χ0v) is 20.7. The van der Waals surface area contributed by atoms with Gasteiger partial charge in [-0.25, -0.2) is 4.98 Å². The summed E-state index contributed by atoms with van der Waals surface area (Å²) in [5.74, 6) is 2.25. The molecule has 2 heterocycles. The number of nitrogens with two attached hydrogens (primary N) is 1. The van der Waals surface area contributed by atoms with E-state index in [1.807, 2.05) is 73.0 Å². The summed E-state index contributed by atoms with van der Waals surface area (Å²) in [6.07, 6.45) is 0. The predicted molar refractivity (Wildman–Crippen MR) is 141 cm³/mol. The first-order chi connectivity index (χ1) is 17.9. The molecule has 0 spiro atoms. The van der Waals surface area contributed by atoms with E-state index in [9.17, 15) is 0 Å². The second-order valence-corrected chi connectivity index (χ2v) is 8.51. The minimum atomic E-state index is -0.0909. The second kappa shape index (κ2) is 9.98. The number of nitrogens with zero attached hydrogens (tertiary/aromatic N) is 4. The number of rotatable bonds is 8. The van der Waals surface area contributed by atoms with Crippen LogP contribution in [0.2, 0.25) is 0 Å². The monoisotopic (exact) mass is 494 g/mol. The molecule has 0 aliphatic carbocycles. The van der Waals surface area contributed by atoms with Crippen molar-refractivity contribution in [2.24, 2.45) is 5.73 Å². The van der Waals surface area contributed by atoms with Crippen LogP contribution in [0.3, 0.4) is 0 Å². The first-order valence-corrected chi connectivity index (χ1v) is 11.6. The van der Waals surface area contributed by atoms with Crippen LogP contribution in [0.4, 0.5) is 0 Å². The molecule has 0 unspecified atom stereocenters. The van der Waals surface area contributed by atoms with Gasteiger partial charge < -0.3 is 24.5 Å². The summed E-state index contributed by atoms with van der Waals surface area (Å²) < 4.78 is 19.8. The maximum Gasteiger partial charge on any atom is 0.327 e. The molecule has 0 aliphatic heterocycles. The molecule has 0 saturated heterocycles. The van der Waals surface area contributed by atoms with Crippen LogP contribution in [0.1, 0.15) is 22.5 Å². The van der Waals surface area contributed by atoms with Gasteiger partial charge in [0, 0.05) is 5.56 Å². The molecular formula is C28H26N6O3. The third kappa shape index (κ3) is 5.06. The first-order valence-electron chi connectivity index (χ1n) is 11.6. The molecule has 5 aromatic rings. The van der Waals surface area contributed by atoms with E-state index in [-0.39, 0.29) is 17.7 Å². The number of nitrogens with one attached hydrogen (secondary N) is 1. The minimum absolute atomic E-state index is 0.0909. The minimum Gasteiger partial charge on any atom is -0.493 e. The lowest BCUT2D eigenvalue weighted by molar-refractivity contribution is 0.370. The fourth-order valence-corrected chi connectivity index (χ4v) is 3.95. The van der Waals surface area contributed by atoms with Crippen LogP contribution in [0, 0.1) is 19.3 Å². The van der Waals surface area contributed by atoms with Crippen molar-refractivity contribution in [2.45, 2.75) is 20.4 Å². The van der Waals surface area contributed by atoms with Gasteiger partial charge in [0.15, 0.2) is 22.7 Å². The number of aromatic nitrogens is 4. The Kier molecular flexibility index (Phi) is 6.42. The van der Waals surface area contributed by atoms with Gasteiger partial charge in [0.2, 0.25) is 0 Å². The molecule has 9 nitrogen and oxygen atoms in total. The lowest BCUT2D eigenvalue weighted by Crippen LogP contribution is -2.11. The van der Waals surface area contributed by atoms with Gasteiger partial charge in [0.1, 0.15) is 17.4 Å². The van der Waals surface area contributed by atoms with Gasteiger partial charge in [0.25, 0.3) is 5.88 Å². The average Bonchev–Trinajstić information content (AvgIpc) is 3.19.